The number of hydrogen-bond acceptors (Lipinski definition) is 0. The molecule has 0 fully saturated rings. The standard InChI is InChI=1S/C23H30/c1-3-21(23-18-12-7-13-19-23)15-9-5-4-8-14-20(2)22-16-10-6-11-17-22/h4-7,10-13,16-21H,3,8-9,14-15H2,1-2H3. The predicted molar refractivity (Wildman–Crippen MR) is 102 cm³/mol. The largest absolute Gasteiger partial charge is 0.0885 e. The highest BCUT2D eigenvalue weighted by atomic mass is 14.1. The van der Waals surface area contributed by atoms with E-state index in [1.807, 2.05) is 0 Å². The van der Waals surface area contributed by atoms with E-state index < -0.39 is 0 Å². The van der Waals surface area contributed by atoms with Crippen LogP contribution in [0, 0.1) is 0 Å². The molecule has 2 atom stereocenters. The summed E-state index contributed by atoms with van der Waals surface area (Å²) in [5.41, 5.74) is 2.94. The van der Waals surface area contributed by atoms with Crippen molar-refractivity contribution in [1.82, 2.24) is 0 Å². The molecule has 2 unspecified atom stereocenters. The van der Waals surface area contributed by atoms with E-state index in [1.165, 1.54) is 43.2 Å². The van der Waals surface area contributed by atoms with E-state index in [2.05, 4.69) is 86.7 Å². The molecule has 0 heterocycles. The summed E-state index contributed by atoms with van der Waals surface area (Å²) in [7, 11) is 0. The maximum Gasteiger partial charge on any atom is -0.0162 e. The second kappa shape index (κ2) is 10.0. The van der Waals surface area contributed by atoms with Crippen molar-refractivity contribution in [3.8, 4) is 0 Å². The fourth-order valence-corrected chi connectivity index (χ4v) is 3.16. The van der Waals surface area contributed by atoms with Gasteiger partial charge in [0.25, 0.3) is 0 Å². The highest BCUT2D eigenvalue weighted by Gasteiger charge is 2.07. The molecule has 0 nitrogen and oxygen atoms in total. The van der Waals surface area contributed by atoms with Crippen molar-refractivity contribution in [2.45, 2.75) is 57.8 Å². The van der Waals surface area contributed by atoms with Gasteiger partial charge in [-0.3, -0.25) is 0 Å². The van der Waals surface area contributed by atoms with Crippen LogP contribution in [0.5, 0.6) is 0 Å². The average molecular weight is 306 g/mol. The van der Waals surface area contributed by atoms with Gasteiger partial charge >= 0.3 is 0 Å². The molecule has 0 saturated carbocycles. The highest BCUT2D eigenvalue weighted by molar-refractivity contribution is 5.20. The van der Waals surface area contributed by atoms with Crippen LogP contribution in [0.15, 0.2) is 72.8 Å². The van der Waals surface area contributed by atoms with Crippen molar-refractivity contribution >= 4 is 0 Å². The SMILES string of the molecule is CCC(CCC=CCCC(C)c1ccccc1)c1ccccc1. The Labute approximate surface area is 142 Å². The van der Waals surface area contributed by atoms with Gasteiger partial charge in [-0.15, -0.1) is 0 Å². The summed E-state index contributed by atoms with van der Waals surface area (Å²) in [6.07, 6.45) is 10.8. The van der Waals surface area contributed by atoms with E-state index in [9.17, 15) is 0 Å². The third kappa shape index (κ3) is 6.06. The zero-order chi connectivity index (χ0) is 16.3. The van der Waals surface area contributed by atoms with Gasteiger partial charge < -0.3 is 0 Å². The maximum atomic E-state index is 2.38. The Balaban J connectivity index is 1.68. The van der Waals surface area contributed by atoms with Crippen molar-refractivity contribution < 1.29 is 0 Å². The molecule has 0 spiro atoms. The Bertz CT molecular complexity index is 553. The molecule has 23 heavy (non-hydrogen) atoms. The number of benzene rings is 2. The van der Waals surface area contributed by atoms with Gasteiger partial charge in [0.05, 0.1) is 0 Å². The molecular weight excluding hydrogens is 276 g/mol. The lowest BCUT2D eigenvalue weighted by molar-refractivity contribution is 0.611. The normalized spacial score (nSPS) is 14.0. The third-order valence-electron chi connectivity index (χ3n) is 4.75. The molecule has 0 aliphatic heterocycles. The van der Waals surface area contributed by atoms with Crippen LogP contribution in [0.1, 0.15) is 68.9 Å². The second-order valence-electron chi connectivity index (χ2n) is 6.45. The lowest BCUT2D eigenvalue weighted by atomic mass is 9.91. The zero-order valence-corrected chi connectivity index (χ0v) is 14.6. The van der Waals surface area contributed by atoms with Crippen molar-refractivity contribution in [3.05, 3.63) is 83.9 Å². The van der Waals surface area contributed by atoms with Crippen molar-refractivity contribution in [3.63, 3.8) is 0 Å². The Morgan fingerprint density at radius 3 is 1.83 bits per heavy atom. The van der Waals surface area contributed by atoms with Crippen LogP contribution in [0.4, 0.5) is 0 Å². The van der Waals surface area contributed by atoms with E-state index >= 15 is 0 Å². The first-order valence-corrected chi connectivity index (χ1v) is 9.06. The zero-order valence-electron chi connectivity index (χ0n) is 14.6. The van der Waals surface area contributed by atoms with Gasteiger partial charge in [-0.2, -0.15) is 0 Å². The molecule has 0 N–H and O–H groups in total. The van der Waals surface area contributed by atoms with Crippen LogP contribution in [-0.2, 0) is 0 Å². The molecule has 0 heteroatoms. The number of allylic oxidation sites excluding steroid dienone is 2. The van der Waals surface area contributed by atoms with Gasteiger partial charge in [0.15, 0.2) is 0 Å². The summed E-state index contributed by atoms with van der Waals surface area (Å²) in [5.74, 6) is 1.35. The topological polar surface area (TPSA) is 0 Å². The monoisotopic (exact) mass is 306 g/mol. The molecule has 0 saturated heterocycles. The first-order chi connectivity index (χ1) is 11.3. The first kappa shape index (κ1) is 17.5. The molecule has 2 rings (SSSR count). The van der Waals surface area contributed by atoms with Crippen LogP contribution >= 0.6 is 0 Å². The van der Waals surface area contributed by atoms with Gasteiger partial charge in [0.2, 0.25) is 0 Å². The van der Waals surface area contributed by atoms with Crippen LogP contribution < -0.4 is 0 Å². The molecule has 0 radical (unpaired) electrons. The van der Waals surface area contributed by atoms with Crippen LogP contribution in [-0.4, -0.2) is 0 Å². The second-order valence-corrected chi connectivity index (χ2v) is 6.45. The van der Waals surface area contributed by atoms with Crippen molar-refractivity contribution in [2.75, 3.05) is 0 Å². The summed E-state index contributed by atoms with van der Waals surface area (Å²) in [6.45, 7) is 4.62. The summed E-state index contributed by atoms with van der Waals surface area (Å²) in [4.78, 5) is 0. The molecule has 0 aliphatic rings. The van der Waals surface area contributed by atoms with Crippen LogP contribution in [0.25, 0.3) is 0 Å². The smallest absolute Gasteiger partial charge is 0.0162 e. The maximum absolute atomic E-state index is 2.38. The van der Waals surface area contributed by atoms with Crippen molar-refractivity contribution in [1.29, 1.82) is 0 Å². The molecule has 122 valence electrons. The summed E-state index contributed by atoms with van der Waals surface area (Å²) < 4.78 is 0. The first-order valence-electron chi connectivity index (χ1n) is 9.06. The molecular formula is C23H30. The lowest BCUT2D eigenvalue weighted by Gasteiger charge is -2.14. The molecule has 0 aromatic heterocycles. The highest BCUT2D eigenvalue weighted by Crippen LogP contribution is 2.25. The minimum Gasteiger partial charge on any atom is -0.0885 e. The van der Waals surface area contributed by atoms with Crippen molar-refractivity contribution in [2.24, 2.45) is 0 Å². The Morgan fingerprint density at radius 2 is 1.26 bits per heavy atom. The number of hydrogen-bond donors (Lipinski definition) is 0. The fourth-order valence-electron chi connectivity index (χ4n) is 3.16. The molecule has 2 aromatic rings. The Morgan fingerprint density at radius 1 is 0.739 bits per heavy atom. The quantitative estimate of drug-likeness (QED) is 0.433. The van der Waals surface area contributed by atoms with Gasteiger partial charge in [-0.05, 0) is 55.1 Å². The Kier molecular flexibility index (Phi) is 7.66. The van der Waals surface area contributed by atoms with Crippen LogP contribution in [0.3, 0.4) is 0 Å². The predicted octanol–water partition coefficient (Wildman–Crippen LogP) is 7.10. The van der Waals surface area contributed by atoms with E-state index in [4.69, 9.17) is 0 Å². The third-order valence-corrected chi connectivity index (χ3v) is 4.75. The Hall–Kier alpha value is -1.82. The van der Waals surface area contributed by atoms with Gasteiger partial charge in [-0.1, -0.05) is 86.7 Å². The van der Waals surface area contributed by atoms with E-state index in [1.54, 1.807) is 0 Å². The lowest BCUT2D eigenvalue weighted by Crippen LogP contribution is -1.96. The molecule has 2 aromatic carbocycles. The van der Waals surface area contributed by atoms with Gasteiger partial charge in [0.1, 0.15) is 0 Å². The summed E-state index contributed by atoms with van der Waals surface area (Å²) >= 11 is 0. The van der Waals surface area contributed by atoms with Crippen LogP contribution in [0.2, 0.25) is 0 Å². The fraction of sp³-hybridized carbons (Fsp3) is 0.391. The van der Waals surface area contributed by atoms with E-state index in [0.29, 0.717) is 11.8 Å². The van der Waals surface area contributed by atoms with E-state index in [-0.39, 0.29) is 0 Å². The minimum atomic E-state index is 0.647. The van der Waals surface area contributed by atoms with E-state index in [0.717, 1.165) is 0 Å². The summed E-state index contributed by atoms with van der Waals surface area (Å²) in [5, 5.41) is 0. The van der Waals surface area contributed by atoms with Gasteiger partial charge in [-0.25, -0.2) is 0 Å². The molecule has 0 aliphatic carbocycles. The number of rotatable bonds is 9. The van der Waals surface area contributed by atoms with Gasteiger partial charge in [0, 0.05) is 0 Å². The molecule has 0 bridgehead atoms. The minimum absolute atomic E-state index is 0.647. The average Bonchev–Trinajstić information content (AvgIpc) is 2.62. The molecule has 0 amide bonds. The summed E-state index contributed by atoms with van der Waals surface area (Å²) in [6, 6.07) is 21.8.